The predicted molar refractivity (Wildman–Crippen MR) is 78.1 cm³/mol. The number of hydrogen-bond donors (Lipinski definition) is 1. The third-order valence-corrected chi connectivity index (χ3v) is 4.67. The molecule has 0 spiro atoms. The van der Waals surface area contributed by atoms with Crippen molar-refractivity contribution in [2.75, 3.05) is 19.6 Å². The van der Waals surface area contributed by atoms with Gasteiger partial charge in [0.2, 0.25) is 5.89 Å². The number of rotatable bonds is 3. The molecule has 0 saturated carbocycles. The number of nitrogens with zero attached hydrogens (tertiary/aromatic N) is 3. The van der Waals surface area contributed by atoms with Gasteiger partial charge in [-0.2, -0.15) is 0 Å². The summed E-state index contributed by atoms with van der Waals surface area (Å²) in [6, 6.07) is 4.49. The number of piperazine rings is 1. The van der Waals surface area contributed by atoms with Crippen LogP contribution in [0, 0.1) is 0 Å². The number of halogens is 1. The zero-order valence-electron chi connectivity index (χ0n) is 10.6. The summed E-state index contributed by atoms with van der Waals surface area (Å²) in [6.07, 6.45) is 0. The van der Waals surface area contributed by atoms with E-state index in [1.54, 1.807) is 11.3 Å². The highest BCUT2D eigenvalue weighted by Crippen LogP contribution is 2.30. The molecule has 0 aromatic carbocycles. The molecule has 3 rings (SSSR count). The van der Waals surface area contributed by atoms with Gasteiger partial charge in [0.25, 0.3) is 5.89 Å². The fourth-order valence-corrected chi connectivity index (χ4v) is 3.50. The Bertz CT molecular complexity index is 555. The van der Waals surface area contributed by atoms with Gasteiger partial charge in [0.15, 0.2) is 0 Å². The maximum atomic E-state index is 5.73. The smallest absolute Gasteiger partial charge is 0.257 e. The first-order valence-electron chi connectivity index (χ1n) is 6.24. The third-order valence-electron chi connectivity index (χ3n) is 3.06. The van der Waals surface area contributed by atoms with Crippen LogP contribution in [0.4, 0.5) is 0 Å². The lowest BCUT2D eigenvalue weighted by molar-refractivity contribution is 0.184. The maximum Gasteiger partial charge on any atom is 0.257 e. The average Bonchev–Trinajstić information content (AvgIpc) is 2.98. The Balaban J connectivity index is 1.68. The molecular weight excluding hydrogens is 328 g/mol. The third kappa shape index (κ3) is 3.22. The maximum absolute atomic E-state index is 5.73. The van der Waals surface area contributed by atoms with E-state index < -0.39 is 0 Å². The van der Waals surface area contributed by atoms with Gasteiger partial charge in [-0.05, 0) is 35.0 Å². The van der Waals surface area contributed by atoms with Crippen molar-refractivity contribution in [3.8, 4) is 10.8 Å². The lowest BCUT2D eigenvalue weighted by Gasteiger charge is -2.30. The monoisotopic (exact) mass is 342 g/mol. The first-order valence-corrected chi connectivity index (χ1v) is 7.85. The fraction of sp³-hybridized carbons (Fsp3) is 0.500. The number of thiophene rings is 1. The summed E-state index contributed by atoms with van der Waals surface area (Å²) in [7, 11) is 0. The molecule has 1 saturated heterocycles. The van der Waals surface area contributed by atoms with Gasteiger partial charge < -0.3 is 9.73 Å². The molecule has 2 aromatic heterocycles. The molecular formula is C12H15BrN4OS. The first kappa shape index (κ1) is 13.2. The minimum atomic E-state index is 0.518. The summed E-state index contributed by atoms with van der Waals surface area (Å²) in [6.45, 7) is 5.97. The molecule has 102 valence electrons. The molecule has 3 heterocycles. The normalized spacial score (nSPS) is 20.8. The van der Waals surface area contributed by atoms with Gasteiger partial charge in [-0.3, -0.25) is 4.90 Å². The van der Waals surface area contributed by atoms with Crippen LogP contribution in [0.5, 0.6) is 0 Å². The van der Waals surface area contributed by atoms with E-state index in [2.05, 4.69) is 43.3 Å². The highest BCUT2D eigenvalue weighted by molar-refractivity contribution is 9.11. The Morgan fingerprint density at radius 1 is 1.53 bits per heavy atom. The second-order valence-electron chi connectivity index (χ2n) is 4.69. The molecule has 0 radical (unpaired) electrons. The van der Waals surface area contributed by atoms with E-state index in [-0.39, 0.29) is 0 Å². The Kier molecular flexibility index (Phi) is 3.97. The average molecular weight is 343 g/mol. The molecule has 0 bridgehead atoms. The fourth-order valence-electron chi connectivity index (χ4n) is 2.19. The van der Waals surface area contributed by atoms with Crippen LogP contribution in [0.1, 0.15) is 12.8 Å². The quantitative estimate of drug-likeness (QED) is 0.927. The van der Waals surface area contributed by atoms with Crippen molar-refractivity contribution in [2.24, 2.45) is 0 Å². The van der Waals surface area contributed by atoms with Crippen molar-refractivity contribution in [1.82, 2.24) is 20.4 Å². The number of hydrogen-bond acceptors (Lipinski definition) is 6. The van der Waals surface area contributed by atoms with Crippen LogP contribution in [-0.2, 0) is 6.54 Å². The van der Waals surface area contributed by atoms with Crippen LogP contribution in [-0.4, -0.2) is 40.8 Å². The number of nitrogens with one attached hydrogen (secondary N) is 1. The molecule has 0 unspecified atom stereocenters. The molecule has 0 amide bonds. The predicted octanol–water partition coefficient (Wildman–Crippen LogP) is 2.35. The summed E-state index contributed by atoms with van der Waals surface area (Å²) in [5, 5.41) is 11.7. The van der Waals surface area contributed by atoms with Crippen molar-refractivity contribution in [3.05, 3.63) is 21.8 Å². The first-order chi connectivity index (χ1) is 9.20. The molecule has 7 heteroatoms. The van der Waals surface area contributed by atoms with Gasteiger partial charge in [-0.1, -0.05) is 0 Å². The molecule has 0 aliphatic carbocycles. The minimum Gasteiger partial charge on any atom is -0.419 e. The molecule has 19 heavy (non-hydrogen) atoms. The van der Waals surface area contributed by atoms with Gasteiger partial charge >= 0.3 is 0 Å². The van der Waals surface area contributed by atoms with Gasteiger partial charge in [0, 0.05) is 25.7 Å². The Morgan fingerprint density at radius 2 is 2.42 bits per heavy atom. The Hall–Kier alpha value is -0.760. The Morgan fingerprint density at radius 3 is 3.16 bits per heavy atom. The van der Waals surface area contributed by atoms with E-state index in [9.17, 15) is 0 Å². The van der Waals surface area contributed by atoms with E-state index in [1.807, 2.05) is 12.1 Å². The van der Waals surface area contributed by atoms with Crippen molar-refractivity contribution in [1.29, 1.82) is 0 Å². The van der Waals surface area contributed by atoms with E-state index in [1.165, 1.54) is 0 Å². The summed E-state index contributed by atoms with van der Waals surface area (Å²) in [5.41, 5.74) is 0. The van der Waals surface area contributed by atoms with Crippen molar-refractivity contribution < 1.29 is 4.42 Å². The molecule has 1 atom stereocenters. The lowest BCUT2D eigenvalue weighted by Crippen LogP contribution is -2.48. The van der Waals surface area contributed by atoms with Gasteiger partial charge in [0.1, 0.15) is 0 Å². The molecule has 1 aliphatic rings. The van der Waals surface area contributed by atoms with Gasteiger partial charge in [0.05, 0.1) is 15.2 Å². The van der Waals surface area contributed by atoms with Crippen molar-refractivity contribution in [3.63, 3.8) is 0 Å². The van der Waals surface area contributed by atoms with E-state index in [0.29, 0.717) is 17.8 Å². The SMILES string of the molecule is C[C@@H]1CN(Cc2nnc(-c3ccc(Br)s3)o2)CCN1. The highest BCUT2D eigenvalue weighted by atomic mass is 79.9. The molecule has 2 aromatic rings. The zero-order valence-corrected chi connectivity index (χ0v) is 13.0. The van der Waals surface area contributed by atoms with E-state index in [4.69, 9.17) is 4.42 Å². The summed E-state index contributed by atoms with van der Waals surface area (Å²) in [5.74, 6) is 1.29. The summed E-state index contributed by atoms with van der Waals surface area (Å²) in [4.78, 5) is 3.34. The lowest BCUT2D eigenvalue weighted by atomic mass is 10.2. The second kappa shape index (κ2) is 5.70. The molecule has 1 fully saturated rings. The van der Waals surface area contributed by atoms with Crippen LogP contribution in [0.25, 0.3) is 10.8 Å². The van der Waals surface area contributed by atoms with E-state index >= 15 is 0 Å². The molecule has 5 nitrogen and oxygen atoms in total. The summed E-state index contributed by atoms with van der Waals surface area (Å²) < 4.78 is 6.79. The molecule has 1 N–H and O–H groups in total. The number of aromatic nitrogens is 2. The Labute approximate surface area is 124 Å². The summed E-state index contributed by atoms with van der Waals surface area (Å²) >= 11 is 5.03. The second-order valence-corrected chi connectivity index (χ2v) is 7.16. The van der Waals surface area contributed by atoms with Crippen LogP contribution in [0.3, 0.4) is 0 Å². The topological polar surface area (TPSA) is 54.2 Å². The van der Waals surface area contributed by atoms with Gasteiger partial charge in [-0.25, -0.2) is 0 Å². The van der Waals surface area contributed by atoms with Crippen LogP contribution in [0.2, 0.25) is 0 Å². The van der Waals surface area contributed by atoms with Crippen LogP contribution < -0.4 is 5.32 Å². The van der Waals surface area contributed by atoms with Crippen LogP contribution in [0.15, 0.2) is 20.3 Å². The van der Waals surface area contributed by atoms with E-state index in [0.717, 1.165) is 34.8 Å². The van der Waals surface area contributed by atoms with Crippen molar-refractivity contribution in [2.45, 2.75) is 19.5 Å². The van der Waals surface area contributed by atoms with Gasteiger partial charge in [-0.15, -0.1) is 21.5 Å². The van der Waals surface area contributed by atoms with Crippen LogP contribution >= 0.6 is 27.3 Å². The largest absolute Gasteiger partial charge is 0.419 e. The van der Waals surface area contributed by atoms with Crippen molar-refractivity contribution >= 4 is 27.3 Å². The molecule has 1 aliphatic heterocycles. The zero-order chi connectivity index (χ0) is 13.2. The standard InChI is InChI=1S/C12H15BrN4OS/c1-8-6-17(5-4-14-8)7-11-15-16-12(18-11)9-2-3-10(13)19-9/h2-3,8,14H,4-7H2,1H3/t8-/m1/s1. The minimum absolute atomic E-state index is 0.518. The highest BCUT2D eigenvalue weighted by Gasteiger charge is 2.18.